The van der Waals surface area contributed by atoms with Crippen LogP contribution in [0.3, 0.4) is 0 Å². The van der Waals surface area contributed by atoms with Crippen molar-refractivity contribution in [1.82, 2.24) is 4.98 Å². The summed E-state index contributed by atoms with van der Waals surface area (Å²) in [5.41, 5.74) is 1.94. The summed E-state index contributed by atoms with van der Waals surface area (Å²) >= 11 is 0. The van der Waals surface area contributed by atoms with E-state index in [1.54, 1.807) is 51.3 Å². The maximum atomic E-state index is 12.5. The molecule has 8 heteroatoms. The molecule has 1 aromatic carbocycles. The lowest BCUT2D eigenvalue weighted by atomic mass is 10.0. The van der Waals surface area contributed by atoms with Gasteiger partial charge in [-0.3, -0.25) is 4.79 Å². The van der Waals surface area contributed by atoms with Gasteiger partial charge in [-0.05, 0) is 44.2 Å². The topological polar surface area (TPSA) is 114 Å². The molecule has 3 heterocycles. The Morgan fingerprint density at radius 2 is 2.14 bits per heavy atom. The van der Waals surface area contributed by atoms with Crippen molar-refractivity contribution in [3.05, 3.63) is 51.6 Å². The third-order valence-electron chi connectivity index (χ3n) is 4.58. The first-order valence-corrected chi connectivity index (χ1v) is 8.94. The zero-order valence-corrected chi connectivity index (χ0v) is 16.0. The number of carbonyl (C=O) groups is 1. The number of hydrogen-bond donors (Lipinski definition) is 2. The van der Waals surface area contributed by atoms with E-state index in [0.29, 0.717) is 33.7 Å². The number of ether oxygens (including phenoxy) is 2. The Bertz CT molecular complexity index is 1260. The van der Waals surface area contributed by atoms with E-state index in [2.05, 4.69) is 9.98 Å². The molecule has 3 aromatic rings. The van der Waals surface area contributed by atoms with Gasteiger partial charge in [0, 0.05) is 22.2 Å². The number of rotatable bonds is 4. The Hall–Kier alpha value is -3.81. The van der Waals surface area contributed by atoms with Crippen LogP contribution in [0.1, 0.15) is 23.9 Å². The lowest BCUT2D eigenvalue weighted by molar-refractivity contribution is -0.134. The van der Waals surface area contributed by atoms with E-state index in [1.807, 2.05) is 0 Å². The number of H-pyrrole nitrogens is 1. The van der Waals surface area contributed by atoms with Crippen molar-refractivity contribution in [2.24, 2.45) is 4.99 Å². The van der Waals surface area contributed by atoms with E-state index in [1.165, 1.54) is 0 Å². The van der Waals surface area contributed by atoms with Crippen LogP contribution in [0.15, 0.2) is 38.5 Å². The van der Waals surface area contributed by atoms with Crippen LogP contribution in [0, 0.1) is 6.92 Å². The fraction of sp³-hybridized carbons (Fsp3) is 0.190. The lowest BCUT2D eigenvalue weighted by Crippen LogP contribution is -2.16. The van der Waals surface area contributed by atoms with Gasteiger partial charge in [-0.2, -0.15) is 0 Å². The highest BCUT2D eigenvalue weighted by atomic mass is 16.5. The molecule has 29 heavy (non-hydrogen) atoms. The third kappa shape index (κ3) is 3.08. The third-order valence-corrected chi connectivity index (χ3v) is 4.58. The van der Waals surface area contributed by atoms with Gasteiger partial charge >= 0.3 is 5.97 Å². The highest BCUT2D eigenvalue weighted by molar-refractivity contribution is 6.58. The Balaban J connectivity index is 1.95. The first-order valence-electron chi connectivity index (χ1n) is 8.94. The molecule has 148 valence electrons. The number of carbonyl (C=O) groups excluding carboxylic acids is 1. The summed E-state index contributed by atoms with van der Waals surface area (Å²) in [5, 5.41) is 10.6. The van der Waals surface area contributed by atoms with Gasteiger partial charge in [-0.1, -0.05) is 0 Å². The van der Waals surface area contributed by atoms with Crippen molar-refractivity contribution in [1.29, 1.82) is 0 Å². The molecule has 0 radical (unpaired) electrons. The van der Waals surface area contributed by atoms with Crippen molar-refractivity contribution in [2.75, 3.05) is 13.7 Å². The number of aryl methyl sites for hydroxylation is 1. The van der Waals surface area contributed by atoms with Crippen LogP contribution >= 0.6 is 0 Å². The maximum absolute atomic E-state index is 12.5. The quantitative estimate of drug-likeness (QED) is 0.656. The average molecular weight is 394 g/mol. The van der Waals surface area contributed by atoms with Crippen molar-refractivity contribution in [3.63, 3.8) is 0 Å². The van der Waals surface area contributed by atoms with Crippen LogP contribution in [0.25, 0.3) is 22.4 Å². The Labute approximate surface area is 165 Å². The summed E-state index contributed by atoms with van der Waals surface area (Å²) in [6, 6.07) is 6.92. The smallest absolute Gasteiger partial charge is 0.357 e. The molecular formula is C21H18N2O6. The van der Waals surface area contributed by atoms with E-state index in [4.69, 9.17) is 13.9 Å². The Kier molecular flexibility index (Phi) is 4.46. The van der Waals surface area contributed by atoms with Gasteiger partial charge in [0.25, 0.3) is 11.5 Å². The Morgan fingerprint density at radius 1 is 1.34 bits per heavy atom. The fourth-order valence-electron chi connectivity index (χ4n) is 3.31. The van der Waals surface area contributed by atoms with Crippen molar-refractivity contribution in [2.45, 2.75) is 13.8 Å². The summed E-state index contributed by atoms with van der Waals surface area (Å²) in [6.45, 7) is 3.63. The van der Waals surface area contributed by atoms with E-state index in [-0.39, 0.29) is 23.5 Å². The van der Waals surface area contributed by atoms with Crippen molar-refractivity contribution < 1.29 is 23.8 Å². The summed E-state index contributed by atoms with van der Waals surface area (Å²) < 4.78 is 15.9. The number of methoxy groups -OCH3 is 1. The van der Waals surface area contributed by atoms with E-state index in [0.717, 1.165) is 0 Å². The van der Waals surface area contributed by atoms with Crippen LogP contribution in [0.4, 0.5) is 5.69 Å². The maximum Gasteiger partial charge on any atom is 0.357 e. The number of aromatic hydroxyl groups is 1. The molecule has 0 aliphatic carbocycles. The zero-order chi connectivity index (χ0) is 20.7. The molecule has 0 saturated carbocycles. The van der Waals surface area contributed by atoms with E-state index >= 15 is 0 Å². The number of fused-ring (bicyclic) bond motifs is 2. The van der Waals surface area contributed by atoms with Crippen LogP contribution in [0.2, 0.25) is 0 Å². The molecule has 0 saturated heterocycles. The van der Waals surface area contributed by atoms with Crippen LogP contribution < -0.4 is 10.3 Å². The van der Waals surface area contributed by atoms with Crippen molar-refractivity contribution >= 4 is 39.8 Å². The second-order valence-electron chi connectivity index (χ2n) is 6.46. The number of furan rings is 1. The SMILES string of the molecule is CCOC(=O)C1=Nc2ccc(OC)cc2/C1=C/c1oc(O)c2c(=O)[nH]c(C)cc12. The van der Waals surface area contributed by atoms with Crippen LogP contribution in [-0.4, -0.2) is 35.5 Å². The minimum atomic E-state index is -0.581. The summed E-state index contributed by atoms with van der Waals surface area (Å²) in [7, 11) is 1.54. The molecule has 0 unspecified atom stereocenters. The standard InChI is InChI=1S/C21H18N2O6/c1-4-28-21(26)18-13(12-8-11(27-3)5-6-15(12)23-18)9-16-14-7-10(2)22-19(24)17(14)20(25)29-16/h5-9,25H,4H2,1-3H3,(H,22,24)/b13-9-. The zero-order valence-electron chi connectivity index (χ0n) is 16.0. The van der Waals surface area contributed by atoms with Gasteiger partial charge < -0.3 is 24.0 Å². The highest BCUT2D eigenvalue weighted by Crippen LogP contribution is 2.40. The predicted molar refractivity (Wildman–Crippen MR) is 108 cm³/mol. The van der Waals surface area contributed by atoms with Gasteiger partial charge in [0.2, 0.25) is 0 Å². The second-order valence-corrected chi connectivity index (χ2v) is 6.46. The number of nitrogens with one attached hydrogen (secondary N) is 1. The second kappa shape index (κ2) is 6.97. The minimum Gasteiger partial charge on any atom is -0.497 e. The number of pyridine rings is 1. The normalized spacial score (nSPS) is 14.2. The summed E-state index contributed by atoms with van der Waals surface area (Å²) in [6.07, 6.45) is 1.57. The molecule has 2 aromatic heterocycles. The number of esters is 1. The molecule has 1 aliphatic heterocycles. The number of aromatic nitrogens is 1. The average Bonchev–Trinajstić information content (AvgIpc) is 3.19. The molecule has 8 nitrogen and oxygen atoms in total. The van der Waals surface area contributed by atoms with Gasteiger partial charge in [0.15, 0.2) is 5.71 Å². The molecule has 0 fully saturated rings. The summed E-state index contributed by atoms with van der Waals surface area (Å²) in [4.78, 5) is 31.7. The highest BCUT2D eigenvalue weighted by Gasteiger charge is 2.29. The number of aliphatic imine (C=N–C) groups is 1. The largest absolute Gasteiger partial charge is 0.497 e. The van der Waals surface area contributed by atoms with Gasteiger partial charge in [-0.15, -0.1) is 0 Å². The summed E-state index contributed by atoms with van der Waals surface area (Å²) in [5.74, 6) is -0.251. The van der Waals surface area contributed by atoms with Crippen LogP contribution in [0.5, 0.6) is 11.7 Å². The first-order chi connectivity index (χ1) is 13.9. The monoisotopic (exact) mass is 394 g/mol. The van der Waals surface area contributed by atoms with Gasteiger partial charge in [-0.25, -0.2) is 9.79 Å². The molecule has 0 bridgehead atoms. The fourth-order valence-corrected chi connectivity index (χ4v) is 3.31. The molecule has 1 aliphatic rings. The number of nitrogens with zero attached hydrogens (tertiary/aromatic N) is 1. The van der Waals surface area contributed by atoms with Crippen LogP contribution in [-0.2, 0) is 9.53 Å². The van der Waals surface area contributed by atoms with Gasteiger partial charge in [0.1, 0.15) is 16.9 Å². The molecule has 2 N–H and O–H groups in total. The minimum absolute atomic E-state index is 0.0425. The first kappa shape index (κ1) is 18.5. The lowest BCUT2D eigenvalue weighted by Gasteiger charge is -2.06. The number of hydrogen-bond acceptors (Lipinski definition) is 7. The molecule has 0 amide bonds. The Morgan fingerprint density at radius 3 is 2.86 bits per heavy atom. The number of aromatic amines is 1. The molecule has 0 spiro atoms. The number of benzene rings is 1. The van der Waals surface area contributed by atoms with E-state index in [9.17, 15) is 14.7 Å². The molecule has 0 atom stereocenters. The predicted octanol–water partition coefficient (Wildman–Crippen LogP) is 3.33. The van der Waals surface area contributed by atoms with Crippen molar-refractivity contribution in [3.8, 4) is 11.7 Å². The molecule has 4 rings (SSSR count). The van der Waals surface area contributed by atoms with E-state index < -0.39 is 17.5 Å². The molecular weight excluding hydrogens is 376 g/mol. The van der Waals surface area contributed by atoms with Gasteiger partial charge in [0.05, 0.1) is 19.4 Å².